The van der Waals surface area contributed by atoms with Gasteiger partial charge in [0.2, 0.25) is 0 Å². The summed E-state index contributed by atoms with van der Waals surface area (Å²) in [5, 5.41) is 3.13. The Morgan fingerprint density at radius 2 is 1.81 bits per heavy atom. The van der Waals surface area contributed by atoms with Gasteiger partial charge in [-0.05, 0) is 46.6 Å². The molecule has 0 radical (unpaired) electrons. The second-order valence-corrected chi connectivity index (χ2v) is 5.89. The standard InChI is InChI=1S/C16H21BrN4/c1-5-6-13-14(17)16(18-2)20-15(19-13)11-7-9-12(10-8-11)21(3)4/h7-10H,5-6H2,1-4H3,(H,18,19,20). The first-order valence-electron chi connectivity index (χ1n) is 7.08. The molecule has 0 aliphatic heterocycles. The minimum Gasteiger partial charge on any atom is -0.378 e. The van der Waals surface area contributed by atoms with Crippen LogP contribution in [0.3, 0.4) is 0 Å². The van der Waals surface area contributed by atoms with Gasteiger partial charge in [0.25, 0.3) is 0 Å². The van der Waals surface area contributed by atoms with Gasteiger partial charge in [-0.3, -0.25) is 0 Å². The number of aryl methyl sites for hydroxylation is 1. The highest BCUT2D eigenvalue weighted by molar-refractivity contribution is 9.10. The second kappa shape index (κ2) is 6.89. The average Bonchev–Trinajstić information content (AvgIpc) is 2.49. The monoisotopic (exact) mass is 348 g/mol. The predicted molar refractivity (Wildman–Crippen MR) is 93.0 cm³/mol. The van der Waals surface area contributed by atoms with E-state index >= 15 is 0 Å². The molecule has 1 aromatic heterocycles. The Labute approximate surface area is 134 Å². The lowest BCUT2D eigenvalue weighted by Gasteiger charge is -2.14. The lowest BCUT2D eigenvalue weighted by atomic mass is 10.1. The largest absolute Gasteiger partial charge is 0.378 e. The summed E-state index contributed by atoms with van der Waals surface area (Å²) in [6.45, 7) is 2.15. The van der Waals surface area contributed by atoms with Crippen molar-refractivity contribution in [3.63, 3.8) is 0 Å². The molecule has 0 fully saturated rings. The van der Waals surface area contributed by atoms with Gasteiger partial charge in [0.05, 0.1) is 10.2 Å². The van der Waals surface area contributed by atoms with Crippen LogP contribution in [0.15, 0.2) is 28.7 Å². The molecule has 0 saturated carbocycles. The smallest absolute Gasteiger partial charge is 0.161 e. The van der Waals surface area contributed by atoms with Gasteiger partial charge in [0.1, 0.15) is 5.82 Å². The maximum absolute atomic E-state index is 4.70. The molecule has 1 N–H and O–H groups in total. The number of benzene rings is 1. The van der Waals surface area contributed by atoms with Crippen molar-refractivity contribution >= 4 is 27.4 Å². The summed E-state index contributed by atoms with van der Waals surface area (Å²) in [5.74, 6) is 1.59. The van der Waals surface area contributed by atoms with Crippen LogP contribution in [0, 0.1) is 0 Å². The molecule has 0 saturated heterocycles. The molecule has 5 heteroatoms. The van der Waals surface area contributed by atoms with E-state index in [9.17, 15) is 0 Å². The summed E-state index contributed by atoms with van der Waals surface area (Å²) < 4.78 is 0.959. The predicted octanol–water partition coefficient (Wildman–Crippen LogP) is 3.97. The normalized spacial score (nSPS) is 10.5. The van der Waals surface area contributed by atoms with E-state index in [0.29, 0.717) is 0 Å². The molecule has 21 heavy (non-hydrogen) atoms. The molecular formula is C16H21BrN4. The first-order chi connectivity index (χ1) is 10.1. The number of hydrogen-bond donors (Lipinski definition) is 1. The van der Waals surface area contributed by atoms with E-state index in [-0.39, 0.29) is 0 Å². The van der Waals surface area contributed by atoms with Crippen LogP contribution in [0.4, 0.5) is 11.5 Å². The van der Waals surface area contributed by atoms with E-state index in [4.69, 9.17) is 4.98 Å². The van der Waals surface area contributed by atoms with Gasteiger partial charge < -0.3 is 10.2 Å². The van der Waals surface area contributed by atoms with Crippen LogP contribution in [0.1, 0.15) is 19.0 Å². The summed E-state index contributed by atoms with van der Waals surface area (Å²) in [6.07, 6.45) is 1.98. The van der Waals surface area contributed by atoms with E-state index in [1.165, 1.54) is 5.69 Å². The number of hydrogen-bond acceptors (Lipinski definition) is 4. The molecule has 1 heterocycles. The van der Waals surface area contributed by atoms with Crippen LogP contribution in [-0.4, -0.2) is 31.1 Å². The van der Waals surface area contributed by atoms with Gasteiger partial charge in [-0.2, -0.15) is 0 Å². The zero-order chi connectivity index (χ0) is 15.4. The van der Waals surface area contributed by atoms with E-state index in [0.717, 1.165) is 40.2 Å². The zero-order valence-corrected chi connectivity index (χ0v) is 14.5. The molecule has 0 amide bonds. The molecule has 0 unspecified atom stereocenters. The van der Waals surface area contributed by atoms with E-state index in [2.05, 4.69) is 62.3 Å². The third kappa shape index (κ3) is 3.53. The number of nitrogens with one attached hydrogen (secondary N) is 1. The topological polar surface area (TPSA) is 41.1 Å². The third-order valence-corrected chi connectivity index (χ3v) is 4.12. The van der Waals surface area contributed by atoms with Crippen molar-refractivity contribution in [3.8, 4) is 11.4 Å². The second-order valence-electron chi connectivity index (χ2n) is 5.10. The highest BCUT2D eigenvalue weighted by atomic mass is 79.9. The quantitative estimate of drug-likeness (QED) is 0.887. The van der Waals surface area contributed by atoms with E-state index < -0.39 is 0 Å². The third-order valence-electron chi connectivity index (χ3n) is 3.29. The number of aromatic nitrogens is 2. The molecule has 1 aromatic carbocycles. The van der Waals surface area contributed by atoms with Gasteiger partial charge in [-0.25, -0.2) is 9.97 Å². The molecule has 2 aromatic rings. The highest BCUT2D eigenvalue weighted by Crippen LogP contribution is 2.28. The summed E-state index contributed by atoms with van der Waals surface area (Å²) in [7, 11) is 5.94. The van der Waals surface area contributed by atoms with E-state index in [1.807, 2.05) is 21.1 Å². The minimum atomic E-state index is 0.760. The maximum atomic E-state index is 4.70. The Bertz CT molecular complexity index is 608. The van der Waals surface area contributed by atoms with Crippen molar-refractivity contribution in [2.75, 3.05) is 31.4 Å². The Morgan fingerprint density at radius 3 is 2.33 bits per heavy atom. The summed E-state index contributed by atoms with van der Waals surface area (Å²) in [6, 6.07) is 8.29. The number of anilines is 2. The molecule has 112 valence electrons. The van der Waals surface area contributed by atoms with Gasteiger partial charge >= 0.3 is 0 Å². The van der Waals surface area contributed by atoms with Crippen LogP contribution in [0.25, 0.3) is 11.4 Å². The molecule has 0 aliphatic carbocycles. The van der Waals surface area contributed by atoms with Crippen LogP contribution >= 0.6 is 15.9 Å². The van der Waals surface area contributed by atoms with Crippen molar-refractivity contribution in [2.24, 2.45) is 0 Å². The zero-order valence-electron chi connectivity index (χ0n) is 12.9. The minimum absolute atomic E-state index is 0.760. The van der Waals surface area contributed by atoms with E-state index in [1.54, 1.807) is 0 Å². The number of nitrogens with zero attached hydrogens (tertiary/aromatic N) is 3. The molecule has 0 aliphatic rings. The lowest BCUT2D eigenvalue weighted by Crippen LogP contribution is -2.08. The SMILES string of the molecule is CCCc1nc(-c2ccc(N(C)C)cc2)nc(NC)c1Br. The Kier molecular flexibility index (Phi) is 5.17. The molecule has 0 atom stereocenters. The Morgan fingerprint density at radius 1 is 1.14 bits per heavy atom. The average molecular weight is 349 g/mol. The fourth-order valence-corrected chi connectivity index (χ4v) is 2.67. The maximum Gasteiger partial charge on any atom is 0.161 e. The molecule has 2 rings (SSSR count). The van der Waals surface area contributed by atoms with Crippen LogP contribution in [0.5, 0.6) is 0 Å². The number of rotatable bonds is 5. The van der Waals surface area contributed by atoms with Gasteiger partial charge in [0, 0.05) is 32.4 Å². The van der Waals surface area contributed by atoms with Crippen molar-refractivity contribution < 1.29 is 0 Å². The Hall–Kier alpha value is -1.62. The summed E-state index contributed by atoms with van der Waals surface area (Å²) >= 11 is 3.59. The highest BCUT2D eigenvalue weighted by Gasteiger charge is 2.12. The van der Waals surface area contributed by atoms with Crippen molar-refractivity contribution in [3.05, 3.63) is 34.4 Å². The van der Waals surface area contributed by atoms with Crippen LogP contribution in [0.2, 0.25) is 0 Å². The lowest BCUT2D eigenvalue weighted by molar-refractivity contribution is 0.869. The van der Waals surface area contributed by atoms with Gasteiger partial charge in [-0.15, -0.1) is 0 Å². The Balaban J connectivity index is 2.45. The number of halogens is 1. The summed E-state index contributed by atoms with van der Waals surface area (Å²) in [5.41, 5.74) is 3.24. The molecule has 0 bridgehead atoms. The first-order valence-corrected chi connectivity index (χ1v) is 7.88. The van der Waals surface area contributed by atoms with Gasteiger partial charge in [-0.1, -0.05) is 13.3 Å². The molecular weight excluding hydrogens is 328 g/mol. The van der Waals surface area contributed by atoms with Crippen molar-refractivity contribution in [1.82, 2.24) is 9.97 Å². The first kappa shape index (κ1) is 15.8. The van der Waals surface area contributed by atoms with Crippen LogP contribution < -0.4 is 10.2 Å². The fourth-order valence-electron chi connectivity index (χ4n) is 2.10. The van der Waals surface area contributed by atoms with Crippen molar-refractivity contribution in [2.45, 2.75) is 19.8 Å². The van der Waals surface area contributed by atoms with Crippen LogP contribution in [-0.2, 0) is 6.42 Å². The van der Waals surface area contributed by atoms with Gasteiger partial charge in [0.15, 0.2) is 5.82 Å². The molecule has 4 nitrogen and oxygen atoms in total. The molecule has 0 spiro atoms. The summed E-state index contributed by atoms with van der Waals surface area (Å²) in [4.78, 5) is 11.4. The van der Waals surface area contributed by atoms with Crippen molar-refractivity contribution in [1.29, 1.82) is 0 Å². The fraction of sp³-hybridized carbons (Fsp3) is 0.375.